The second-order valence-electron chi connectivity index (χ2n) is 4.90. The smallest absolute Gasteiger partial charge is 0.345 e. The molecule has 7 heteroatoms. The molecule has 1 aromatic heterocycles. The van der Waals surface area contributed by atoms with Crippen LogP contribution >= 0.6 is 11.3 Å². The van der Waals surface area contributed by atoms with Crippen LogP contribution in [-0.4, -0.2) is 36.4 Å². The maximum atomic E-state index is 12.5. The fraction of sp³-hybridized carbons (Fsp3) is 0.583. The molecule has 2 rings (SSSR count). The van der Waals surface area contributed by atoms with Crippen molar-refractivity contribution < 1.29 is 18.3 Å². The number of rotatable bonds is 3. The van der Waals surface area contributed by atoms with Crippen LogP contribution in [0.3, 0.4) is 0 Å². The number of carboxylic acid groups (broad SMARTS) is 1. The molecule has 0 saturated carbocycles. The largest absolute Gasteiger partial charge is 0.477 e. The highest BCUT2D eigenvalue weighted by molar-refractivity contribution is 7.91. The van der Waals surface area contributed by atoms with E-state index < -0.39 is 16.0 Å². The molecule has 2 unspecified atom stereocenters. The van der Waals surface area contributed by atoms with Crippen molar-refractivity contribution in [2.45, 2.75) is 36.9 Å². The van der Waals surface area contributed by atoms with Crippen LogP contribution in [0.5, 0.6) is 0 Å². The third-order valence-corrected chi connectivity index (χ3v) is 7.20. The summed E-state index contributed by atoms with van der Waals surface area (Å²) in [5.74, 6) is -0.769. The summed E-state index contributed by atoms with van der Waals surface area (Å²) in [6, 6.07) is 2.68. The predicted molar refractivity (Wildman–Crippen MR) is 73.0 cm³/mol. The Balaban J connectivity index is 2.33. The van der Waals surface area contributed by atoms with E-state index in [0.29, 0.717) is 12.5 Å². The van der Waals surface area contributed by atoms with Crippen molar-refractivity contribution in [2.75, 3.05) is 6.54 Å². The van der Waals surface area contributed by atoms with Gasteiger partial charge in [-0.2, -0.15) is 4.31 Å². The summed E-state index contributed by atoms with van der Waals surface area (Å²) in [5, 5.41) is 8.87. The van der Waals surface area contributed by atoms with Gasteiger partial charge in [-0.1, -0.05) is 6.92 Å². The van der Waals surface area contributed by atoms with Crippen molar-refractivity contribution in [3.05, 3.63) is 17.0 Å². The van der Waals surface area contributed by atoms with Crippen LogP contribution in [0.15, 0.2) is 16.3 Å². The summed E-state index contributed by atoms with van der Waals surface area (Å²) in [7, 11) is -3.57. The van der Waals surface area contributed by atoms with Gasteiger partial charge >= 0.3 is 5.97 Å². The molecule has 106 valence electrons. The lowest BCUT2D eigenvalue weighted by molar-refractivity contribution is 0.0702. The van der Waals surface area contributed by atoms with E-state index in [0.717, 1.165) is 24.2 Å². The first-order chi connectivity index (χ1) is 8.84. The minimum Gasteiger partial charge on any atom is -0.477 e. The van der Waals surface area contributed by atoms with Gasteiger partial charge in [0.2, 0.25) is 0 Å². The van der Waals surface area contributed by atoms with Gasteiger partial charge in [0.1, 0.15) is 9.09 Å². The molecule has 1 fully saturated rings. The molecule has 5 nitrogen and oxygen atoms in total. The highest BCUT2D eigenvalue weighted by atomic mass is 32.2. The summed E-state index contributed by atoms with van der Waals surface area (Å²) in [6.07, 6.45) is 1.87. The quantitative estimate of drug-likeness (QED) is 0.929. The van der Waals surface area contributed by atoms with E-state index in [9.17, 15) is 13.2 Å². The van der Waals surface area contributed by atoms with E-state index in [-0.39, 0.29) is 15.1 Å². The number of hydrogen-bond acceptors (Lipinski definition) is 4. The maximum Gasteiger partial charge on any atom is 0.345 e. The van der Waals surface area contributed by atoms with Crippen LogP contribution < -0.4 is 0 Å². The van der Waals surface area contributed by atoms with E-state index in [4.69, 9.17) is 5.11 Å². The van der Waals surface area contributed by atoms with E-state index in [1.165, 1.54) is 16.4 Å². The maximum absolute atomic E-state index is 12.5. The van der Waals surface area contributed by atoms with Gasteiger partial charge in [0.25, 0.3) is 10.0 Å². The third-order valence-electron chi connectivity index (χ3n) is 3.67. The van der Waals surface area contributed by atoms with Crippen LogP contribution in [-0.2, 0) is 10.0 Å². The van der Waals surface area contributed by atoms with Crippen molar-refractivity contribution in [1.29, 1.82) is 0 Å². The number of nitrogens with zero attached hydrogens (tertiary/aromatic N) is 1. The Bertz CT molecular complexity index is 578. The zero-order chi connectivity index (χ0) is 14.2. The number of aromatic carboxylic acids is 1. The average Bonchev–Trinajstić information content (AvgIpc) is 2.82. The van der Waals surface area contributed by atoms with E-state index in [1.807, 2.05) is 13.8 Å². The number of carboxylic acids is 1. The van der Waals surface area contributed by atoms with Crippen molar-refractivity contribution in [1.82, 2.24) is 4.31 Å². The van der Waals surface area contributed by atoms with Gasteiger partial charge in [0, 0.05) is 12.6 Å². The molecular formula is C12H17NO4S2. The van der Waals surface area contributed by atoms with Crippen LogP contribution in [0.4, 0.5) is 0 Å². The summed E-state index contributed by atoms with van der Waals surface area (Å²) < 4.78 is 26.7. The Morgan fingerprint density at radius 1 is 1.42 bits per heavy atom. The Kier molecular flexibility index (Phi) is 3.98. The zero-order valence-corrected chi connectivity index (χ0v) is 12.5. The summed E-state index contributed by atoms with van der Waals surface area (Å²) >= 11 is 0.816. The second kappa shape index (κ2) is 5.22. The predicted octanol–water partition coefficient (Wildman–Crippen LogP) is 2.26. The minimum atomic E-state index is -3.57. The molecule has 1 N–H and O–H groups in total. The summed E-state index contributed by atoms with van der Waals surface area (Å²) in [4.78, 5) is 10.9. The van der Waals surface area contributed by atoms with E-state index in [2.05, 4.69) is 0 Å². The molecule has 0 amide bonds. The molecule has 1 aromatic rings. The van der Waals surface area contributed by atoms with Crippen LogP contribution in [0.1, 0.15) is 36.4 Å². The number of carbonyl (C=O) groups is 1. The van der Waals surface area contributed by atoms with E-state index in [1.54, 1.807) is 0 Å². The molecule has 0 bridgehead atoms. The minimum absolute atomic E-state index is 0.0471. The molecule has 0 aliphatic carbocycles. The fourth-order valence-electron chi connectivity index (χ4n) is 2.33. The van der Waals surface area contributed by atoms with Crippen molar-refractivity contribution in [3.8, 4) is 0 Å². The van der Waals surface area contributed by atoms with Gasteiger partial charge in [-0.3, -0.25) is 0 Å². The normalized spacial score (nSPS) is 25.4. The van der Waals surface area contributed by atoms with E-state index >= 15 is 0 Å². The first kappa shape index (κ1) is 14.5. The third kappa shape index (κ3) is 2.68. The highest BCUT2D eigenvalue weighted by Crippen LogP contribution is 2.31. The lowest BCUT2D eigenvalue weighted by atomic mass is 9.94. The van der Waals surface area contributed by atoms with Crippen LogP contribution in [0.2, 0.25) is 0 Å². The molecule has 0 spiro atoms. The number of hydrogen-bond donors (Lipinski definition) is 1. The van der Waals surface area contributed by atoms with Crippen molar-refractivity contribution in [2.24, 2.45) is 5.92 Å². The average molecular weight is 303 g/mol. The SMILES string of the molecule is CC1CCCN(S(=O)(=O)c2ccc(C(=O)O)s2)C1C. The molecule has 2 atom stereocenters. The Labute approximate surface area is 116 Å². The molecular weight excluding hydrogens is 286 g/mol. The number of sulfonamides is 1. The lowest BCUT2D eigenvalue weighted by Crippen LogP contribution is -2.45. The monoisotopic (exact) mass is 303 g/mol. The Morgan fingerprint density at radius 3 is 2.68 bits per heavy atom. The molecule has 19 heavy (non-hydrogen) atoms. The molecule has 0 aromatic carbocycles. The van der Waals surface area contributed by atoms with Gasteiger partial charge in [0.15, 0.2) is 0 Å². The standard InChI is InChI=1S/C12H17NO4S2/c1-8-4-3-7-13(9(8)2)19(16,17)11-6-5-10(18-11)12(14)15/h5-6,8-9H,3-4,7H2,1-2H3,(H,14,15). The topological polar surface area (TPSA) is 74.7 Å². The number of piperidine rings is 1. The summed E-state index contributed by atoms with van der Waals surface area (Å²) in [5.41, 5.74) is 0. The summed E-state index contributed by atoms with van der Waals surface area (Å²) in [6.45, 7) is 4.46. The van der Waals surface area contributed by atoms with Gasteiger partial charge in [-0.05, 0) is 37.8 Å². The highest BCUT2D eigenvalue weighted by Gasteiger charge is 2.35. The first-order valence-corrected chi connectivity index (χ1v) is 8.44. The zero-order valence-electron chi connectivity index (χ0n) is 10.9. The van der Waals surface area contributed by atoms with Gasteiger partial charge in [-0.15, -0.1) is 11.3 Å². The van der Waals surface area contributed by atoms with Crippen LogP contribution in [0.25, 0.3) is 0 Å². The van der Waals surface area contributed by atoms with Crippen molar-refractivity contribution in [3.63, 3.8) is 0 Å². The molecule has 1 aliphatic heterocycles. The second-order valence-corrected chi connectivity index (χ2v) is 8.10. The molecule has 1 aliphatic rings. The van der Waals surface area contributed by atoms with Gasteiger partial charge in [-0.25, -0.2) is 13.2 Å². The Hall–Kier alpha value is -0.920. The fourth-order valence-corrected chi connectivity index (χ4v) is 5.37. The van der Waals surface area contributed by atoms with Crippen molar-refractivity contribution >= 4 is 27.3 Å². The van der Waals surface area contributed by atoms with Gasteiger partial charge < -0.3 is 5.11 Å². The molecule has 2 heterocycles. The first-order valence-electron chi connectivity index (χ1n) is 6.19. The molecule has 1 saturated heterocycles. The molecule has 0 radical (unpaired) electrons. The number of thiophene rings is 1. The van der Waals surface area contributed by atoms with Gasteiger partial charge in [0.05, 0.1) is 0 Å². The van der Waals surface area contributed by atoms with Crippen LogP contribution in [0, 0.1) is 5.92 Å². The lowest BCUT2D eigenvalue weighted by Gasteiger charge is -2.36. The Morgan fingerprint density at radius 2 is 2.11 bits per heavy atom.